The summed E-state index contributed by atoms with van der Waals surface area (Å²) in [5.74, 6) is -0.421. The average Bonchev–Trinajstić information content (AvgIpc) is 2.78. The summed E-state index contributed by atoms with van der Waals surface area (Å²) >= 11 is 1.35. The second-order valence-corrected chi connectivity index (χ2v) is 6.05. The molecule has 0 radical (unpaired) electrons. The quantitative estimate of drug-likeness (QED) is 0.634. The SMILES string of the molecule is CC(=O)OCCC1S/C(=N/N=C2CCCCC2)NC1=O. The topological polar surface area (TPSA) is 80.1 Å². The monoisotopic (exact) mass is 297 g/mol. The minimum atomic E-state index is -0.328. The minimum Gasteiger partial charge on any atom is -0.466 e. The first-order chi connectivity index (χ1) is 9.65. The lowest BCUT2D eigenvalue weighted by atomic mass is 9.99. The Morgan fingerprint density at radius 1 is 1.35 bits per heavy atom. The molecule has 2 fully saturated rings. The summed E-state index contributed by atoms with van der Waals surface area (Å²) in [6, 6.07) is 0. The predicted octanol–water partition coefficient (Wildman–Crippen LogP) is 1.85. The molecule has 110 valence electrons. The number of nitrogens with one attached hydrogen (secondary N) is 1. The summed E-state index contributed by atoms with van der Waals surface area (Å²) in [6.07, 6.45) is 6.11. The third-order valence-electron chi connectivity index (χ3n) is 3.17. The van der Waals surface area contributed by atoms with Crippen LogP contribution in [0, 0.1) is 0 Å². The van der Waals surface area contributed by atoms with Crippen LogP contribution in [-0.2, 0) is 14.3 Å². The van der Waals surface area contributed by atoms with E-state index in [-0.39, 0.29) is 23.7 Å². The lowest BCUT2D eigenvalue weighted by Gasteiger charge is -2.10. The van der Waals surface area contributed by atoms with Crippen LogP contribution in [-0.4, -0.2) is 34.6 Å². The molecule has 1 aliphatic heterocycles. The fraction of sp³-hybridized carbons (Fsp3) is 0.692. The zero-order valence-electron chi connectivity index (χ0n) is 11.6. The second kappa shape index (κ2) is 7.42. The van der Waals surface area contributed by atoms with Gasteiger partial charge in [-0.3, -0.25) is 9.59 Å². The van der Waals surface area contributed by atoms with Gasteiger partial charge >= 0.3 is 5.97 Å². The van der Waals surface area contributed by atoms with Gasteiger partial charge in [0.15, 0.2) is 5.17 Å². The molecule has 1 heterocycles. The zero-order chi connectivity index (χ0) is 14.4. The molecule has 0 aromatic carbocycles. The Morgan fingerprint density at radius 2 is 2.10 bits per heavy atom. The van der Waals surface area contributed by atoms with Crippen molar-refractivity contribution < 1.29 is 14.3 Å². The van der Waals surface area contributed by atoms with E-state index in [1.807, 2.05) is 0 Å². The van der Waals surface area contributed by atoms with Crippen molar-refractivity contribution in [2.24, 2.45) is 10.2 Å². The number of esters is 1. The van der Waals surface area contributed by atoms with E-state index in [2.05, 4.69) is 15.5 Å². The van der Waals surface area contributed by atoms with Gasteiger partial charge in [0.2, 0.25) is 5.91 Å². The first-order valence-electron chi connectivity index (χ1n) is 6.89. The van der Waals surface area contributed by atoms with Gasteiger partial charge in [0.05, 0.1) is 11.9 Å². The van der Waals surface area contributed by atoms with Crippen LogP contribution >= 0.6 is 11.8 Å². The number of amidine groups is 1. The molecule has 1 aliphatic carbocycles. The molecule has 1 N–H and O–H groups in total. The van der Waals surface area contributed by atoms with Crippen molar-refractivity contribution in [1.82, 2.24) is 5.32 Å². The van der Waals surface area contributed by atoms with Crippen molar-refractivity contribution in [3.05, 3.63) is 0 Å². The molecule has 20 heavy (non-hydrogen) atoms. The van der Waals surface area contributed by atoms with Crippen molar-refractivity contribution >= 4 is 34.5 Å². The molecule has 1 saturated carbocycles. The molecule has 0 bridgehead atoms. The van der Waals surface area contributed by atoms with Crippen LogP contribution in [0.15, 0.2) is 10.2 Å². The predicted molar refractivity (Wildman–Crippen MR) is 78.7 cm³/mol. The molecule has 2 aliphatic rings. The van der Waals surface area contributed by atoms with Crippen LogP contribution in [0.2, 0.25) is 0 Å². The molecule has 1 atom stereocenters. The fourth-order valence-corrected chi connectivity index (χ4v) is 3.02. The van der Waals surface area contributed by atoms with Crippen molar-refractivity contribution in [3.63, 3.8) is 0 Å². The van der Waals surface area contributed by atoms with E-state index in [1.165, 1.54) is 37.9 Å². The van der Waals surface area contributed by atoms with Crippen LogP contribution in [0.5, 0.6) is 0 Å². The number of ether oxygens (including phenoxy) is 1. The number of rotatable bonds is 4. The van der Waals surface area contributed by atoms with Crippen LogP contribution in [0.3, 0.4) is 0 Å². The second-order valence-electron chi connectivity index (χ2n) is 4.86. The van der Waals surface area contributed by atoms with E-state index in [1.54, 1.807) is 0 Å². The Kier molecular flexibility index (Phi) is 5.58. The largest absolute Gasteiger partial charge is 0.466 e. The van der Waals surface area contributed by atoms with Gasteiger partial charge in [0.25, 0.3) is 0 Å². The molecule has 0 spiro atoms. The number of nitrogens with zero attached hydrogens (tertiary/aromatic N) is 2. The minimum absolute atomic E-state index is 0.0928. The number of carbonyl (C=O) groups excluding carboxylic acids is 2. The highest BCUT2D eigenvalue weighted by atomic mass is 32.2. The van der Waals surface area contributed by atoms with Gasteiger partial charge in [-0.1, -0.05) is 18.2 Å². The maximum atomic E-state index is 11.7. The van der Waals surface area contributed by atoms with Crippen molar-refractivity contribution in [2.45, 2.75) is 50.7 Å². The first kappa shape index (κ1) is 15.0. The molecule has 1 amide bonds. The normalized spacial score (nSPS) is 24.6. The Balaban J connectivity index is 1.82. The van der Waals surface area contributed by atoms with Crippen molar-refractivity contribution in [2.75, 3.05) is 6.61 Å². The van der Waals surface area contributed by atoms with E-state index < -0.39 is 0 Å². The van der Waals surface area contributed by atoms with Gasteiger partial charge in [0.1, 0.15) is 0 Å². The van der Waals surface area contributed by atoms with Crippen LogP contribution < -0.4 is 5.32 Å². The van der Waals surface area contributed by atoms with Crippen LogP contribution in [0.1, 0.15) is 45.4 Å². The summed E-state index contributed by atoms with van der Waals surface area (Å²) in [5, 5.41) is 11.3. The molecular weight excluding hydrogens is 278 g/mol. The van der Waals surface area contributed by atoms with E-state index in [9.17, 15) is 9.59 Å². The number of amides is 1. The third-order valence-corrected chi connectivity index (χ3v) is 4.32. The van der Waals surface area contributed by atoms with Gasteiger partial charge in [-0.15, -0.1) is 5.10 Å². The molecule has 2 rings (SSSR count). The van der Waals surface area contributed by atoms with Gasteiger partial charge in [-0.2, -0.15) is 5.10 Å². The van der Waals surface area contributed by atoms with Gasteiger partial charge in [0, 0.05) is 19.1 Å². The van der Waals surface area contributed by atoms with E-state index in [0.717, 1.165) is 18.6 Å². The average molecular weight is 297 g/mol. The summed E-state index contributed by atoms with van der Waals surface area (Å²) in [5.41, 5.74) is 1.11. The highest BCUT2D eigenvalue weighted by molar-refractivity contribution is 8.15. The Labute approximate surface area is 122 Å². The third kappa shape index (κ3) is 4.63. The highest BCUT2D eigenvalue weighted by Gasteiger charge is 2.30. The number of thioether (sulfide) groups is 1. The molecule has 1 saturated heterocycles. The standard InChI is InChI=1S/C13H19N3O3S/c1-9(17)19-8-7-11-12(18)14-13(20-11)16-15-10-5-3-2-4-6-10/h11H,2-8H2,1H3,(H,14,16,18). The summed E-state index contributed by atoms with van der Waals surface area (Å²) in [7, 11) is 0. The summed E-state index contributed by atoms with van der Waals surface area (Å²) < 4.78 is 4.84. The Morgan fingerprint density at radius 3 is 2.80 bits per heavy atom. The number of carbonyl (C=O) groups is 2. The van der Waals surface area contributed by atoms with E-state index >= 15 is 0 Å². The zero-order valence-corrected chi connectivity index (χ0v) is 12.4. The van der Waals surface area contributed by atoms with Crippen molar-refractivity contribution in [1.29, 1.82) is 0 Å². The van der Waals surface area contributed by atoms with Gasteiger partial charge in [-0.25, -0.2) is 0 Å². The fourth-order valence-electron chi connectivity index (χ4n) is 2.13. The Hall–Kier alpha value is -1.37. The lowest BCUT2D eigenvalue weighted by molar-refractivity contribution is -0.141. The van der Waals surface area contributed by atoms with E-state index in [0.29, 0.717) is 11.6 Å². The Bertz CT molecular complexity index is 440. The number of hydrogen-bond donors (Lipinski definition) is 1. The van der Waals surface area contributed by atoms with Gasteiger partial charge < -0.3 is 10.1 Å². The van der Waals surface area contributed by atoms with Gasteiger partial charge in [-0.05, 0) is 25.7 Å². The smallest absolute Gasteiger partial charge is 0.302 e. The lowest BCUT2D eigenvalue weighted by Crippen LogP contribution is -2.25. The highest BCUT2D eigenvalue weighted by Crippen LogP contribution is 2.23. The molecular formula is C13H19N3O3S. The molecule has 1 unspecified atom stereocenters. The van der Waals surface area contributed by atoms with Crippen molar-refractivity contribution in [3.8, 4) is 0 Å². The maximum Gasteiger partial charge on any atom is 0.302 e. The molecule has 7 heteroatoms. The molecule has 0 aromatic rings. The summed E-state index contributed by atoms with van der Waals surface area (Å²) in [6.45, 7) is 1.61. The number of hydrogen-bond acceptors (Lipinski definition) is 6. The first-order valence-corrected chi connectivity index (χ1v) is 7.77. The van der Waals surface area contributed by atoms with Crippen LogP contribution in [0.4, 0.5) is 0 Å². The summed E-state index contributed by atoms with van der Waals surface area (Å²) in [4.78, 5) is 22.4. The van der Waals surface area contributed by atoms with Crippen LogP contribution in [0.25, 0.3) is 0 Å². The molecule has 0 aromatic heterocycles. The van der Waals surface area contributed by atoms with E-state index in [4.69, 9.17) is 4.74 Å². The maximum absolute atomic E-state index is 11.7. The molecule has 6 nitrogen and oxygen atoms in total.